The van der Waals surface area contributed by atoms with Crippen LogP contribution < -0.4 is 11.1 Å². The van der Waals surface area contributed by atoms with E-state index in [-0.39, 0.29) is 5.82 Å². The van der Waals surface area contributed by atoms with Crippen LogP contribution in [0.4, 0.5) is 21.5 Å². The molecule has 0 radical (unpaired) electrons. The second-order valence-electron chi connectivity index (χ2n) is 4.73. The van der Waals surface area contributed by atoms with Gasteiger partial charge in [-0.05, 0) is 36.8 Å². The summed E-state index contributed by atoms with van der Waals surface area (Å²) in [5.74, 6) is -0.301. The number of rotatable bonds is 2. The van der Waals surface area contributed by atoms with Crippen molar-refractivity contribution in [3.63, 3.8) is 0 Å². The van der Waals surface area contributed by atoms with E-state index in [4.69, 9.17) is 5.73 Å². The topological polar surface area (TPSA) is 50.9 Å². The van der Waals surface area contributed by atoms with Crippen LogP contribution in [0.15, 0.2) is 48.8 Å². The van der Waals surface area contributed by atoms with Crippen LogP contribution in [0.3, 0.4) is 0 Å². The fourth-order valence-electron chi connectivity index (χ4n) is 2.18. The van der Waals surface area contributed by atoms with E-state index in [0.29, 0.717) is 17.1 Å². The van der Waals surface area contributed by atoms with Crippen LogP contribution in [0.2, 0.25) is 0 Å². The number of benzene rings is 2. The number of aromatic nitrogens is 1. The molecule has 3 aromatic rings. The number of aryl methyl sites for hydroxylation is 1. The number of halogens is 1. The molecule has 2 aromatic carbocycles. The third-order valence-corrected chi connectivity index (χ3v) is 3.25. The Morgan fingerprint density at radius 1 is 1.10 bits per heavy atom. The smallest absolute Gasteiger partial charge is 0.146 e. The second-order valence-corrected chi connectivity index (χ2v) is 4.73. The number of pyridine rings is 1. The lowest BCUT2D eigenvalue weighted by atomic mass is 10.1. The van der Waals surface area contributed by atoms with Crippen molar-refractivity contribution >= 4 is 27.8 Å². The molecule has 20 heavy (non-hydrogen) atoms. The highest BCUT2D eigenvalue weighted by molar-refractivity contribution is 5.99. The van der Waals surface area contributed by atoms with Gasteiger partial charge in [0.05, 0.1) is 17.1 Å². The van der Waals surface area contributed by atoms with Gasteiger partial charge in [0.2, 0.25) is 0 Å². The maximum absolute atomic E-state index is 13.8. The van der Waals surface area contributed by atoms with Crippen molar-refractivity contribution in [1.29, 1.82) is 0 Å². The van der Waals surface area contributed by atoms with Crippen molar-refractivity contribution in [2.24, 2.45) is 0 Å². The summed E-state index contributed by atoms with van der Waals surface area (Å²) in [5.41, 5.74) is 8.82. The zero-order valence-corrected chi connectivity index (χ0v) is 11.0. The van der Waals surface area contributed by atoms with E-state index in [1.165, 1.54) is 6.07 Å². The minimum absolute atomic E-state index is 0.301. The number of nitrogens with two attached hydrogens (primary N) is 1. The van der Waals surface area contributed by atoms with E-state index in [9.17, 15) is 4.39 Å². The highest BCUT2D eigenvalue weighted by atomic mass is 19.1. The summed E-state index contributed by atoms with van der Waals surface area (Å²) >= 11 is 0. The molecule has 0 fully saturated rings. The van der Waals surface area contributed by atoms with E-state index >= 15 is 0 Å². The molecule has 0 aliphatic rings. The molecule has 4 heteroatoms. The standard InChI is InChI=1S/C16H14FN3/c1-10-2-4-13(17)15(8-10)20-14-5-3-11-9-19-7-6-12(11)16(14)18/h2-9,20H,18H2,1H3. The molecule has 0 aliphatic carbocycles. The molecule has 0 atom stereocenters. The molecule has 1 aromatic heterocycles. The highest BCUT2D eigenvalue weighted by Gasteiger charge is 2.07. The third kappa shape index (κ3) is 2.16. The summed E-state index contributed by atoms with van der Waals surface area (Å²) in [6.07, 6.45) is 3.44. The summed E-state index contributed by atoms with van der Waals surface area (Å²) in [4.78, 5) is 4.06. The van der Waals surface area contributed by atoms with E-state index < -0.39 is 0 Å². The number of hydrogen-bond acceptors (Lipinski definition) is 3. The molecular weight excluding hydrogens is 253 g/mol. The Morgan fingerprint density at radius 2 is 1.95 bits per heavy atom. The molecule has 0 unspecified atom stereocenters. The average Bonchev–Trinajstić information content (AvgIpc) is 2.46. The maximum Gasteiger partial charge on any atom is 0.146 e. The van der Waals surface area contributed by atoms with Gasteiger partial charge in [0.1, 0.15) is 5.82 Å². The van der Waals surface area contributed by atoms with Crippen molar-refractivity contribution in [2.45, 2.75) is 6.92 Å². The van der Waals surface area contributed by atoms with Gasteiger partial charge in [0.15, 0.2) is 0 Å². The fourth-order valence-corrected chi connectivity index (χ4v) is 2.18. The van der Waals surface area contributed by atoms with Crippen molar-refractivity contribution < 1.29 is 4.39 Å². The highest BCUT2D eigenvalue weighted by Crippen LogP contribution is 2.31. The molecule has 0 spiro atoms. The minimum Gasteiger partial charge on any atom is -0.397 e. The third-order valence-electron chi connectivity index (χ3n) is 3.25. The molecule has 0 amide bonds. The normalized spacial score (nSPS) is 10.7. The van der Waals surface area contributed by atoms with Crippen molar-refractivity contribution in [2.75, 3.05) is 11.1 Å². The molecule has 3 nitrogen and oxygen atoms in total. The molecular formula is C16H14FN3. The fraction of sp³-hybridized carbons (Fsp3) is 0.0625. The van der Waals surface area contributed by atoms with Crippen molar-refractivity contribution in [3.05, 3.63) is 60.2 Å². The lowest BCUT2D eigenvalue weighted by Crippen LogP contribution is -1.99. The Kier molecular flexibility index (Phi) is 2.99. The van der Waals surface area contributed by atoms with E-state index in [0.717, 1.165) is 16.3 Å². The number of anilines is 3. The Balaban J connectivity index is 2.07. The van der Waals surface area contributed by atoms with Gasteiger partial charge in [0.25, 0.3) is 0 Å². The van der Waals surface area contributed by atoms with Crippen LogP contribution in [0.25, 0.3) is 10.8 Å². The molecule has 0 aliphatic heterocycles. The Hall–Kier alpha value is -2.62. The lowest BCUT2D eigenvalue weighted by Gasteiger charge is -2.12. The van der Waals surface area contributed by atoms with Crippen LogP contribution in [0.5, 0.6) is 0 Å². The Morgan fingerprint density at radius 3 is 2.80 bits per heavy atom. The molecule has 1 heterocycles. The SMILES string of the molecule is Cc1ccc(F)c(Nc2ccc3cnccc3c2N)c1. The molecule has 0 bridgehead atoms. The van der Waals surface area contributed by atoms with Crippen LogP contribution in [-0.4, -0.2) is 4.98 Å². The van der Waals surface area contributed by atoms with Gasteiger partial charge < -0.3 is 11.1 Å². The molecule has 0 saturated heterocycles. The number of hydrogen-bond donors (Lipinski definition) is 2. The van der Waals surface area contributed by atoms with Gasteiger partial charge in [-0.15, -0.1) is 0 Å². The Labute approximate surface area is 116 Å². The van der Waals surface area contributed by atoms with Crippen LogP contribution >= 0.6 is 0 Å². The van der Waals surface area contributed by atoms with Gasteiger partial charge in [0, 0.05) is 23.2 Å². The van der Waals surface area contributed by atoms with Gasteiger partial charge >= 0.3 is 0 Å². The maximum atomic E-state index is 13.8. The summed E-state index contributed by atoms with van der Waals surface area (Å²) in [6.45, 7) is 1.92. The zero-order valence-electron chi connectivity index (χ0n) is 11.0. The molecule has 0 saturated carbocycles. The first-order valence-electron chi connectivity index (χ1n) is 6.30. The van der Waals surface area contributed by atoms with Crippen LogP contribution in [0, 0.1) is 12.7 Å². The monoisotopic (exact) mass is 267 g/mol. The quantitative estimate of drug-likeness (QED) is 0.690. The Bertz CT molecular complexity index is 784. The molecule has 3 N–H and O–H groups in total. The van der Waals surface area contributed by atoms with Crippen molar-refractivity contribution in [1.82, 2.24) is 4.98 Å². The van der Waals surface area contributed by atoms with Crippen LogP contribution in [-0.2, 0) is 0 Å². The summed E-state index contributed by atoms with van der Waals surface area (Å²) in [5, 5.41) is 4.91. The average molecular weight is 267 g/mol. The first-order valence-corrected chi connectivity index (χ1v) is 6.30. The second kappa shape index (κ2) is 4.81. The number of fused-ring (bicyclic) bond motifs is 1. The first kappa shape index (κ1) is 12.4. The zero-order chi connectivity index (χ0) is 14.1. The van der Waals surface area contributed by atoms with Crippen LogP contribution in [0.1, 0.15) is 5.56 Å². The van der Waals surface area contributed by atoms with Gasteiger partial charge in [-0.2, -0.15) is 0 Å². The molecule has 3 rings (SSSR count). The van der Waals surface area contributed by atoms with E-state index in [1.807, 2.05) is 25.1 Å². The summed E-state index contributed by atoms with van der Waals surface area (Å²) in [7, 11) is 0. The first-order chi connectivity index (χ1) is 9.65. The number of nitrogens with one attached hydrogen (secondary N) is 1. The van der Waals surface area contributed by atoms with E-state index in [1.54, 1.807) is 24.5 Å². The predicted octanol–water partition coefficient (Wildman–Crippen LogP) is 4.01. The van der Waals surface area contributed by atoms with Gasteiger partial charge in [-0.3, -0.25) is 4.98 Å². The van der Waals surface area contributed by atoms with Crippen molar-refractivity contribution in [3.8, 4) is 0 Å². The number of nitrogen functional groups attached to an aromatic ring is 1. The van der Waals surface area contributed by atoms with Gasteiger partial charge in [-0.1, -0.05) is 12.1 Å². The lowest BCUT2D eigenvalue weighted by molar-refractivity contribution is 0.631. The predicted molar refractivity (Wildman–Crippen MR) is 80.6 cm³/mol. The summed E-state index contributed by atoms with van der Waals surface area (Å²) in [6, 6.07) is 10.5. The molecule has 100 valence electrons. The van der Waals surface area contributed by atoms with E-state index in [2.05, 4.69) is 10.3 Å². The van der Waals surface area contributed by atoms with Gasteiger partial charge in [-0.25, -0.2) is 4.39 Å². The summed E-state index contributed by atoms with van der Waals surface area (Å²) < 4.78 is 13.8. The number of nitrogens with zero attached hydrogens (tertiary/aromatic N) is 1. The minimum atomic E-state index is -0.301. The largest absolute Gasteiger partial charge is 0.397 e.